The summed E-state index contributed by atoms with van der Waals surface area (Å²) < 4.78 is 0. The number of hydrogen-bond donors (Lipinski definition) is 2. The van der Waals surface area contributed by atoms with E-state index in [0.29, 0.717) is 17.3 Å². The molecule has 2 amide bonds. The Morgan fingerprint density at radius 3 is 2.42 bits per heavy atom. The molecule has 0 bridgehead atoms. The molecule has 0 aliphatic heterocycles. The van der Waals surface area contributed by atoms with Gasteiger partial charge in [0.2, 0.25) is 0 Å². The Labute approximate surface area is 116 Å². The van der Waals surface area contributed by atoms with Crippen LogP contribution in [0.4, 0.5) is 10.5 Å². The molecule has 5 heteroatoms. The van der Waals surface area contributed by atoms with Gasteiger partial charge >= 0.3 is 6.03 Å². The summed E-state index contributed by atoms with van der Waals surface area (Å²) in [6.45, 7) is 0.330. The van der Waals surface area contributed by atoms with Crippen LogP contribution in [0.5, 0.6) is 0 Å². The van der Waals surface area contributed by atoms with Gasteiger partial charge in [-0.05, 0) is 17.7 Å². The van der Waals surface area contributed by atoms with Crippen LogP contribution in [0.1, 0.15) is 5.56 Å². The number of nitrogens with one attached hydrogen (secondary N) is 1. The first-order valence-electron chi connectivity index (χ1n) is 5.78. The lowest BCUT2D eigenvalue weighted by Gasteiger charge is -2.17. The number of rotatable bonds is 3. The first kappa shape index (κ1) is 13.4. The van der Waals surface area contributed by atoms with Crippen molar-refractivity contribution in [1.29, 1.82) is 0 Å². The number of nitrogens with zero attached hydrogens (tertiary/aromatic N) is 1. The van der Waals surface area contributed by atoms with Crippen molar-refractivity contribution in [2.45, 2.75) is 6.54 Å². The Balaban J connectivity index is 1.99. The number of carbonyl (C=O) groups excluding carboxylic acids is 1. The molecule has 0 spiro atoms. The van der Waals surface area contributed by atoms with E-state index in [0.717, 1.165) is 10.6 Å². The van der Waals surface area contributed by atoms with E-state index in [9.17, 15) is 4.79 Å². The van der Waals surface area contributed by atoms with Crippen LogP contribution < -0.4 is 11.2 Å². The van der Waals surface area contributed by atoms with Gasteiger partial charge in [-0.2, -0.15) is 0 Å². The Morgan fingerprint density at radius 1 is 1.11 bits per heavy atom. The quantitative estimate of drug-likeness (QED) is 0.513. The molecule has 0 radical (unpaired) electrons. The fraction of sp³-hybridized carbons (Fsp3) is 0.0714. The fourth-order valence-corrected chi connectivity index (χ4v) is 1.78. The van der Waals surface area contributed by atoms with Gasteiger partial charge < -0.3 is 5.32 Å². The predicted octanol–water partition coefficient (Wildman–Crippen LogP) is 3.25. The van der Waals surface area contributed by atoms with Crippen molar-refractivity contribution in [2.24, 2.45) is 5.84 Å². The van der Waals surface area contributed by atoms with Crippen LogP contribution >= 0.6 is 11.6 Å². The summed E-state index contributed by atoms with van der Waals surface area (Å²) >= 11 is 5.96. The highest BCUT2D eigenvalue weighted by Crippen LogP contribution is 2.20. The molecule has 0 aliphatic carbocycles. The maximum Gasteiger partial charge on any atom is 0.336 e. The Hall–Kier alpha value is -2.04. The highest BCUT2D eigenvalue weighted by Gasteiger charge is 2.11. The van der Waals surface area contributed by atoms with E-state index >= 15 is 0 Å². The number of benzene rings is 2. The standard InChI is InChI=1S/C14H14ClN3O/c15-12-8-4-5-9-13(12)17-14(19)18(16)10-11-6-2-1-3-7-11/h1-9H,10,16H2,(H,17,19). The minimum Gasteiger partial charge on any atom is -0.305 e. The normalized spacial score (nSPS) is 10.0. The second-order valence-corrected chi connectivity index (χ2v) is 4.43. The van der Waals surface area contributed by atoms with Gasteiger partial charge in [-0.3, -0.25) is 5.01 Å². The van der Waals surface area contributed by atoms with Gasteiger partial charge in [0.25, 0.3) is 0 Å². The fourth-order valence-electron chi connectivity index (χ4n) is 1.60. The first-order chi connectivity index (χ1) is 9.16. The highest BCUT2D eigenvalue weighted by molar-refractivity contribution is 6.33. The summed E-state index contributed by atoms with van der Waals surface area (Å²) in [5, 5.41) is 4.25. The van der Waals surface area contributed by atoms with Crippen LogP contribution in [0.25, 0.3) is 0 Å². The van der Waals surface area contributed by atoms with Crippen molar-refractivity contribution in [1.82, 2.24) is 5.01 Å². The van der Waals surface area contributed by atoms with Crippen molar-refractivity contribution in [3.63, 3.8) is 0 Å². The van der Waals surface area contributed by atoms with Crippen molar-refractivity contribution in [3.05, 3.63) is 65.2 Å². The number of carbonyl (C=O) groups is 1. The van der Waals surface area contributed by atoms with Gasteiger partial charge in [0, 0.05) is 0 Å². The summed E-state index contributed by atoms with van der Waals surface area (Å²) in [6, 6.07) is 16.1. The van der Waals surface area contributed by atoms with E-state index in [1.165, 1.54) is 0 Å². The summed E-state index contributed by atoms with van der Waals surface area (Å²) in [5.74, 6) is 5.73. The molecule has 4 nitrogen and oxygen atoms in total. The molecule has 19 heavy (non-hydrogen) atoms. The second-order valence-electron chi connectivity index (χ2n) is 4.02. The summed E-state index contributed by atoms with van der Waals surface area (Å²) in [4.78, 5) is 11.9. The predicted molar refractivity (Wildman–Crippen MR) is 76.6 cm³/mol. The molecule has 0 atom stereocenters. The molecular weight excluding hydrogens is 262 g/mol. The molecule has 0 unspecified atom stereocenters. The minimum absolute atomic E-state index is 0.330. The molecule has 2 rings (SSSR count). The van der Waals surface area contributed by atoms with Gasteiger partial charge in [0.05, 0.1) is 17.3 Å². The van der Waals surface area contributed by atoms with Gasteiger partial charge in [0.1, 0.15) is 0 Å². The van der Waals surface area contributed by atoms with Gasteiger partial charge in [0.15, 0.2) is 0 Å². The molecule has 2 aromatic rings. The zero-order valence-electron chi connectivity index (χ0n) is 10.2. The van der Waals surface area contributed by atoms with E-state index in [1.807, 2.05) is 30.3 Å². The number of amides is 2. The van der Waals surface area contributed by atoms with E-state index in [1.54, 1.807) is 24.3 Å². The Morgan fingerprint density at radius 2 is 1.74 bits per heavy atom. The number of halogens is 1. The van der Waals surface area contributed by atoms with Crippen molar-refractivity contribution < 1.29 is 4.79 Å². The molecule has 98 valence electrons. The van der Waals surface area contributed by atoms with Gasteiger partial charge in [-0.1, -0.05) is 54.1 Å². The van der Waals surface area contributed by atoms with Crippen LogP contribution in [-0.2, 0) is 6.54 Å². The highest BCUT2D eigenvalue weighted by atomic mass is 35.5. The van der Waals surface area contributed by atoms with Crippen LogP contribution in [0.15, 0.2) is 54.6 Å². The Bertz CT molecular complexity index is 560. The molecule has 0 aromatic heterocycles. The second kappa shape index (κ2) is 6.22. The zero-order chi connectivity index (χ0) is 13.7. The smallest absolute Gasteiger partial charge is 0.305 e. The molecule has 0 fully saturated rings. The number of nitrogens with two attached hydrogens (primary N) is 1. The topological polar surface area (TPSA) is 58.4 Å². The molecular formula is C14H14ClN3O. The number of hydrazine groups is 1. The van der Waals surface area contributed by atoms with Crippen LogP contribution in [0, 0.1) is 0 Å². The van der Waals surface area contributed by atoms with Gasteiger partial charge in [-0.25, -0.2) is 10.6 Å². The van der Waals surface area contributed by atoms with Crippen LogP contribution in [0.2, 0.25) is 5.02 Å². The van der Waals surface area contributed by atoms with Gasteiger partial charge in [-0.15, -0.1) is 0 Å². The SMILES string of the molecule is NN(Cc1ccccc1)C(=O)Nc1ccccc1Cl. The van der Waals surface area contributed by atoms with Crippen molar-refractivity contribution in [2.75, 3.05) is 5.32 Å². The molecule has 2 aromatic carbocycles. The maximum absolute atomic E-state index is 11.9. The lowest BCUT2D eigenvalue weighted by Crippen LogP contribution is -2.40. The molecule has 0 saturated carbocycles. The third kappa shape index (κ3) is 3.71. The maximum atomic E-state index is 11.9. The number of hydrogen-bond acceptors (Lipinski definition) is 2. The number of anilines is 1. The van der Waals surface area contributed by atoms with E-state index in [-0.39, 0.29) is 0 Å². The number of urea groups is 1. The monoisotopic (exact) mass is 275 g/mol. The van der Waals surface area contributed by atoms with Crippen LogP contribution in [-0.4, -0.2) is 11.0 Å². The third-order valence-corrected chi connectivity index (χ3v) is 2.90. The third-order valence-electron chi connectivity index (χ3n) is 2.57. The summed E-state index contributed by atoms with van der Waals surface area (Å²) in [5.41, 5.74) is 1.50. The summed E-state index contributed by atoms with van der Waals surface area (Å²) in [6.07, 6.45) is 0. The molecule has 3 N–H and O–H groups in total. The van der Waals surface area contributed by atoms with Crippen molar-refractivity contribution in [3.8, 4) is 0 Å². The molecule has 0 saturated heterocycles. The van der Waals surface area contributed by atoms with E-state index in [2.05, 4.69) is 5.32 Å². The lowest BCUT2D eigenvalue weighted by atomic mass is 10.2. The zero-order valence-corrected chi connectivity index (χ0v) is 11.0. The minimum atomic E-state index is -0.406. The average molecular weight is 276 g/mol. The average Bonchev–Trinajstić information content (AvgIpc) is 2.42. The molecule has 0 aliphatic rings. The first-order valence-corrected chi connectivity index (χ1v) is 6.16. The Kier molecular flexibility index (Phi) is 4.39. The van der Waals surface area contributed by atoms with E-state index < -0.39 is 6.03 Å². The summed E-state index contributed by atoms with van der Waals surface area (Å²) in [7, 11) is 0. The largest absolute Gasteiger partial charge is 0.336 e. The number of para-hydroxylation sites is 1. The van der Waals surface area contributed by atoms with Crippen LogP contribution in [0.3, 0.4) is 0 Å². The lowest BCUT2D eigenvalue weighted by molar-refractivity contribution is 0.210. The molecule has 0 heterocycles. The van der Waals surface area contributed by atoms with E-state index in [4.69, 9.17) is 17.4 Å². The van der Waals surface area contributed by atoms with Crippen molar-refractivity contribution >= 4 is 23.3 Å².